The minimum absolute atomic E-state index is 0.180. The van der Waals surface area contributed by atoms with Crippen molar-refractivity contribution in [3.05, 3.63) is 45.6 Å². The van der Waals surface area contributed by atoms with Crippen LogP contribution < -0.4 is 11.1 Å². The van der Waals surface area contributed by atoms with Gasteiger partial charge in [-0.1, -0.05) is 28.1 Å². The molecular formula is C13H12BrN3O2S. The molecule has 0 fully saturated rings. The zero-order chi connectivity index (χ0) is 14.9. The van der Waals surface area contributed by atoms with Gasteiger partial charge in [0, 0.05) is 17.0 Å². The zero-order valence-electron chi connectivity index (χ0n) is 10.9. The Morgan fingerprint density at radius 1 is 1.45 bits per heavy atom. The monoisotopic (exact) mass is 353 g/mol. The van der Waals surface area contributed by atoms with Gasteiger partial charge in [-0.15, -0.1) is 0 Å². The predicted molar refractivity (Wildman–Crippen MR) is 84.0 cm³/mol. The number of carbonyl (C=O) groups excluding carboxylic acids is 1. The van der Waals surface area contributed by atoms with E-state index in [-0.39, 0.29) is 16.7 Å². The van der Waals surface area contributed by atoms with E-state index in [0.717, 1.165) is 4.47 Å². The fourth-order valence-corrected chi connectivity index (χ4v) is 2.28. The first-order chi connectivity index (χ1) is 9.38. The molecule has 1 amide bonds. The molecule has 104 valence electrons. The maximum absolute atomic E-state index is 12.2. The van der Waals surface area contributed by atoms with Crippen LogP contribution in [0.5, 0.6) is 0 Å². The molecular weight excluding hydrogens is 342 g/mol. The van der Waals surface area contributed by atoms with E-state index in [1.165, 1.54) is 0 Å². The first-order valence-electron chi connectivity index (χ1n) is 5.73. The number of aromatic nitrogens is 1. The number of halogens is 1. The summed E-state index contributed by atoms with van der Waals surface area (Å²) in [6, 6.07) is 5.25. The summed E-state index contributed by atoms with van der Waals surface area (Å²) >= 11 is 8.31. The summed E-state index contributed by atoms with van der Waals surface area (Å²) in [5.41, 5.74) is 7.30. The fourth-order valence-electron chi connectivity index (χ4n) is 1.75. The summed E-state index contributed by atoms with van der Waals surface area (Å²) in [5, 5.41) is 2.73. The largest absolute Gasteiger partial charge is 0.436 e. The average Bonchev–Trinajstić information content (AvgIpc) is 2.70. The summed E-state index contributed by atoms with van der Waals surface area (Å²) in [6.45, 7) is 3.39. The molecule has 0 aliphatic rings. The molecule has 7 heteroatoms. The van der Waals surface area contributed by atoms with Gasteiger partial charge in [0.25, 0.3) is 5.91 Å². The number of amides is 1. The van der Waals surface area contributed by atoms with Crippen LogP contribution in [0, 0.1) is 13.8 Å². The van der Waals surface area contributed by atoms with Crippen molar-refractivity contribution >= 4 is 44.7 Å². The highest BCUT2D eigenvalue weighted by atomic mass is 79.9. The molecule has 1 aromatic heterocycles. The fraction of sp³-hybridized carbons (Fsp3) is 0.154. The van der Waals surface area contributed by atoms with Crippen LogP contribution in [0.25, 0.3) is 0 Å². The normalized spacial score (nSPS) is 10.3. The Balaban J connectivity index is 2.33. The summed E-state index contributed by atoms with van der Waals surface area (Å²) in [5.74, 6) is 0.236. The third-order valence-corrected chi connectivity index (χ3v) is 3.32. The van der Waals surface area contributed by atoms with Crippen molar-refractivity contribution in [2.75, 3.05) is 5.32 Å². The standard InChI is InChI=1S/C13H12BrN3O2S/c1-6-11(19-7(2)16-6)13(18)17-10-4-3-8(14)5-9(10)12(15)20/h3-5H,1-2H3,(H2,15,20)(H,17,18). The lowest BCUT2D eigenvalue weighted by atomic mass is 10.1. The minimum Gasteiger partial charge on any atom is -0.436 e. The number of hydrogen-bond acceptors (Lipinski definition) is 4. The van der Waals surface area contributed by atoms with Crippen LogP contribution in [0.3, 0.4) is 0 Å². The number of nitrogens with one attached hydrogen (secondary N) is 1. The van der Waals surface area contributed by atoms with Crippen molar-refractivity contribution in [1.29, 1.82) is 0 Å². The number of nitrogens with zero attached hydrogens (tertiary/aromatic N) is 1. The van der Waals surface area contributed by atoms with Crippen LogP contribution in [0.15, 0.2) is 27.1 Å². The molecule has 0 saturated heterocycles. The van der Waals surface area contributed by atoms with Gasteiger partial charge in [-0.3, -0.25) is 4.79 Å². The maximum Gasteiger partial charge on any atom is 0.293 e. The van der Waals surface area contributed by atoms with E-state index >= 15 is 0 Å². The second-order valence-electron chi connectivity index (χ2n) is 4.16. The number of aryl methyl sites for hydroxylation is 2. The molecule has 20 heavy (non-hydrogen) atoms. The van der Waals surface area contributed by atoms with E-state index in [2.05, 4.69) is 26.2 Å². The third kappa shape index (κ3) is 3.05. The van der Waals surface area contributed by atoms with Crippen LogP contribution in [-0.4, -0.2) is 15.9 Å². The van der Waals surface area contributed by atoms with Crippen LogP contribution in [0.1, 0.15) is 27.7 Å². The van der Waals surface area contributed by atoms with E-state index in [1.807, 2.05) is 0 Å². The zero-order valence-corrected chi connectivity index (χ0v) is 13.3. The van der Waals surface area contributed by atoms with Crippen LogP contribution in [0.2, 0.25) is 0 Å². The smallest absolute Gasteiger partial charge is 0.293 e. The number of oxazole rings is 1. The Hall–Kier alpha value is -1.73. The predicted octanol–water partition coefficient (Wildman–Crippen LogP) is 2.94. The highest BCUT2D eigenvalue weighted by Gasteiger charge is 2.17. The van der Waals surface area contributed by atoms with Crippen LogP contribution >= 0.6 is 28.1 Å². The number of thiocarbonyl (C=S) groups is 1. The lowest BCUT2D eigenvalue weighted by molar-refractivity contribution is 0.0994. The van der Waals surface area contributed by atoms with E-state index in [4.69, 9.17) is 22.4 Å². The maximum atomic E-state index is 12.2. The van der Waals surface area contributed by atoms with Crippen molar-refractivity contribution in [3.63, 3.8) is 0 Å². The van der Waals surface area contributed by atoms with Crippen molar-refractivity contribution in [3.8, 4) is 0 Å². The molecule has 2 rings (SSSR count). The van der Waals surface area contributed by atoms with E-state index < -0.39 is 0 Å². The first-order valence-corrected chi connectivity index (χ1v) is 6.93. The van der Waals surface area contributed by atoms with Gasteiger partial charge in [0.15, 0.2) is 5.89 Å². The highest BCUT2D eigenvalue weighted by Crippen LogP contribution is 2.22. The third-order valence-electron chi connectivity index (χ3n) is 2.61. The number of hydrogen-bond donors (Lipinski definition) is 2. The quantitative estimate of drug-likeness (QED) is 0.829. The number of carbonyl (C=O) groups is 1. The first kappa shape index (κ1) is 14.7. The molecule has 3 N–H and O–H groups in total. The van der Waals surface area contributed by atoms with Gasteiger partial charge in [0.1, 0.15) is 4.99 Å². The lowest BCUT2D eigenvalue weighted by Gasteiger charge is -2.09. The molecule has 5 nitrogen and oxygen atoms in total. The van der Waals surface area contributed by atoms with Gasteiger partial charge in [-0.2, -0.15) is 0 Å². The molecule has 1 aromatic carbocycles. The van der Waals surface area contributed by atoms with Crippen LogP contribution in [0.4, 0.5) is 5.69 Å². The van der Waals surface area contributed by atoms with Gasteiger partial charge in [-0.05, 0) is 25.1 Å². The van der Waals surface area contributed by atoms with Gasteiger partial charge in [0.05, 0.1) is 11.4 Å². The Morgan fingerprint density at radius 3 is 2.70 bits per heavy atom. The van der Waals surface area contributed by atoms with Gasteiger partial charge in [-0.25, -0.2) is 4.98 Å². The Kier molecular flexibility index (Phi) is 4.20. The van der Waals surface area contributed by atoms with Gasteiger partial charge >= 0.3 is 0 Å². The van der Waals surface area contributed by atoms with Crippen molar-refractivity contribution < 1.29 is 9.21 Å². The molecule has 2 aromatic rings. The van der Waals surface area contributed by atoms with E-state index in [0.29, 0.717) is 22.8 Å². The minimum atomic E-state index is -0.386. The summed E-state index contributed by atoms with van der Waals surface area (Å²) in [6.07, 6.45) is 0. The number of benzene rings is 1. The Labute approximate surface area is 129 Å². The molecule has 0 spiro atoms. The SMILES string of the molecule is Cc1nc(C)c(C(=O)Nc2ccc(Br)cc2C(N)=S)o1. The van der Waals surface area contributed by atoms with Crippen LogP contribution in [-0.2, 0) is 0 Å². The lowest BCUT2D eigenvalue weighted by Crippen LogP contribution is -2.18. The van der Waals surface area contributed by atoms with Crippen molar-refractivity contribution in [2.24, 2.45) is 5.73 Å². The molecule has 0 unspecified atom stereocenters. The summed E-state index contributed by atoms with van der Waals surface area (Å²) in [7, 11) is 0. The van der Waals surface area contributed by atoms with Gasteiger partial charge in [0.2, 0.25) is 5.76 Å². The Morgan fingerprint density at radius 2 is 2.15 bits per heavy atom. The highest BCUT2D eigenvalue weighted by molar-refractivity contribution is 9.10. The molecule has 0 aliphatic heterocycles. The summed E-state index contributed by atoms with van der Waals surface area (Å²) < 4.78 is 6.10. The van der Waals surface area contributed by atoms with E-state index in [9.17, 15) is 4.79 Å². The molecule has 0 atom stereocenters. The molecule has 1 heterocycles. The number of rotatable bonds is 3. The number of anilines is 1. The molecule has 0 aliphatic carbocycles. The molecule has 0 saturated carbocycles. The molecule has 0 radical (unpaired) electrons. The number of nitrogens with two attached hydrogens (primary N) is 1. The second kappa shape index (κ2) is 5.72. The van der Waals surface area contributed by atoms with Crippen molar-refractivity contribution in [1.82, 2.24) is 4.98 Å². The summed E-state index contributed by atoms with van der Waals surface area (Å²) in [4.78, 5) is 16.4. The second-order valence-corrected chi connectivity index (χ2v) is 5.51. The molecule has 0 bridgehead atoms. The topological polar surface area (TPSA) is 81.2 Å². The Bertz CT molecular complexity index is 697. The van der Waals surface area contributed by atoms with Crippen molar-refractivity contribution in [2.45, 2.75) is 13.8 Å². The van der Waals surface area contributed by atoms with Gasteiger partial charge < -0.3 is 15.5 Å². The van der Waals surface area contributed by atoms with E-state index in [1.54, 1.807) is 32.0 Å². The average molecular weight is 354 g/mol.